The Labute approximate surface area is 138 Å². The third-order valence-electron chi connectivity index (χ3n) is 8.95. The summed E-state index contributed by atoms with van der Waals surface area (Å²) in [6, 6.07) is 0. The highest BCUT2D eigenvalue weighted by Crippen LogP contribution is 2.68. The van der Waals surface area contributed by atoms with Gasteiger partial charge in [-0.1, -0.05) is 13.8 Å². The van der Waals surface area contributed by atoms with Gasteiger partial charge >= 0.3 is 0 Å². The van der Waals surface area contributed by atoms with Crippen LogP contribution in [0.3, 0.4) is 0 Å². The molecular formula is C19H30O4. The van der Waals surface area contributed by atoms with Gasteiger partial charge < -0.3 is 20.1 Å². The molecule has 5 aliphatic rings. The fourth-order valence-electron chi connectivity index (χ4n) is 7.57. The first-order chi connectivity index (χ1) is 10.9. The average molecular weight is 322 g/mol. The van der Waals surface area contributed by atoms with Crippen molar-refractivity contribution in [2.45, 2.75) is 82.9 Å². The van der Waals surface area contributed by atoms with Gasteiger partial charge in [0.25, 0.3) is 0 Å². The molecule has 1 saturated heterocycles. The molecule has 0 bridgehead atoms. The van der Waals surface area contributed by atoms with Crippen LogP contribution in [0.5, 0.6) is 0 Å². The van der Waals surface area contributed by atoms with Gasteiger partial charge in [0.1, 0.15) is 0 Å². The minimum atomic E-state index is -0.670. The number of ether oxygens (including phenoxy) is 1. The Balaban J connectivity index is 1.55. The molecule has 130 valence electrons. The van der Waals surface area contributed by atoms with E-state index in [0.717, 1.165) is 38.5 Å². The van der Waals surface area contributed by atoms with E-state index < -0.39 is 12.2 Å². The second-order valence-corrected chi connectivity index (χ2v) is 9.62. The van der Waals surface area contributed by atoms with Crippen LogP contribution in [0.25, 0.3) is 0 Å². The molecule has 4 saturated carbocycles. The van der Waals surface area contributed by atoms with Crippen LogP contribution in [0.15, 0.2) is 0 Å². The lowest BCUT2D eigenvalue weighted by molar-refractivity contribution is -0.215. The fourth-order valence-corrected chi connectivity index (χ4v) is 7.57. The predicted octanol–water partition coefficient (Wildman–Crippen LogP) is 1.71. The molecule has 11 atom stereocenters. The SMILES string of the molecule is C[C@]12CC[C@H]3O[C@H]3C1C(O)C(O)C1C2CC[C@@]2(C)C1CC[C@@H]2O. The number of rotatable bonds is 0. The van der Waals surface area contributed by atoms with Crippen molar-refractivity contribution < 1.29 is 20.1 Å². The molecule has 4 aliphatic carbocycles. The summed E-state index contributed by atoms with van der Waals surface area (Å²) in [4.78, 5) is 0. The van der Waals surface area contributed by atoms with Crippen LogP contribution in [-0.4, -0.2) is 45.8 Å². The summed E-state index contributed by atoms with van der Waals surface area (Å²) >= 11 is 0. The molecule has 4 nitrogen and oxygen atoms in total. The van der Waals surface area contributed by atoms with Crippen molar-refractivity contribution in [1.29, 1.82) is 0 Å². The standard InChI is InChI=1S/C19H30O4/c1-18-7-5-10-13(9(18)3-4-12(18)20)15(21)16(22)14-17-11(23-17)6-8-19(10,14)2/h9-17,20-22H,3-8H2,1-2H3/t9?,10?,11-,12+,13?,14?,15?,16?,17-,18+,19-/m1/s1. The zero-order valence-corrected chi connectivity index (χ0v) is 14.2. The van der Waals surface area contributed by atoms with E-state index in [1.54, 1.807) is 0 Å². The maximum absolute atomic E-state index is 11.0. The Bertz CT molecular complexity index is 523. The van der Waals surface area contributed by atoms with Crippen molar-refractivity contribution in [3.63, 3.8) is 0 Å². The molecule has 0 radical (unpaired) electrons. The predicted molar refractivity (Wildman–Crippen MR) is 84.6 cm³/mol. The molecule has 0 aromatic rings. The first kappa shape index (κ1) is 15.1. The number of fused-ring (bicyclic) bond motifs is 7. The smallest absolute Gasteiger partial charge is 0.0900 e. The van der Waals surface area contributed by atoms with Crippen molar-refractivity contribution in [1.82, 2.24) is 0 Å². The Morgan fingerprint density at radius 2 is 1.52 bits per heavy atom. The first-order valence-corrected chi connectivity index (χ1v) is 9.57. The van der Waals surface area contributed by atoms with Crippen molar-refractivity contribution in [2.75, 3.05) is 0 Å². The van der Waals surface area contributed by atoms with Crippen molar-refractivity contribution in [2.24, 2.45) is 34.5 Å². The van der Waals surface area contributed by atoms with Crippen molar-refractivity contribution in [3.05, 3.63) is 0 Å². The van der Waals surface area contributed by atoms with E-state index in [1.807, 2.05) is 0 Å². The van der Waals surface area contributed by atoms with Crippen LogP contribution in [0, 0.1) is 34.5 Å². The zero-order chi connectivity index (χ0) is 16.1. The fraction of sp³-hybridized carbons (Fsp3) is 1.00. The maximum atomic E-state index is 11.0. The molecule has 0 amide bonds. The number of aliphatic hydroxyl groups excluding tert-OH is 3. The molecule has 0 aromatic carbocycles. The van der Waals surface area contributed by atoms with E-state index in [9.17, 15) is 15.3 Å². The minimum absolute atomic E-state index is 0.0711. The molecule has 0 aromatic heterocycles. The number of hydrogen-bond acceptors (Lipinski definition) is 4. The second-order valence-electron chi connectivity index (χ2n) is 9.62. The lowest BCUT2D eigenvalue weighted by Gasteiger charge is -2.62. The average Bonchev–Trinajstić information content (AvgIpc) is 3.23. The Morgan fingerprint density at radius 1 is 0.826 bits per heavy atom. The van der Waals surface area contributed by atoms with E-state index in [-0.39, 0.29) is 34.9 Å². The van der Waals surface area contributed by atoms with Gasteiger partial charge in [0.15, 0.2) is 0 Å². The van der Waals surface area contributed by atoms with E-state index in [4.69, 9.17) is 4.74 Å². The summed E-state index contributed by atoms with van der Waals surface area (Å²) in [6.45, 7) is 4.55. The van der Waals surface area contributed by atoms with Gasteiger partial charge in [-0.15, -0.1) is 0 Å². The van der Waals surface area contributed by atoms with Crippen LogP contribution in [0.4, 0.5) is 0 Å². The summed E-state index contributed by atoms with van der Waals surface area (Å²) in [5, 5.41) is 32.5. The molecule has 23 heavy (non-hydrogen) atoms. The van der Waals surface area contributed by atoms with Crippen molar-refractivity contribution >= 4 is 0 Å². The molecule has 3 N–H and O–H groups in total. The highest BCUT2D eigenvalue weighted by atomic mass is 16.6. The second kappa shape index (κ2) is 4.51. The summed E-state index contributed by atoms with van der Waals surface area (Å²) in [5.74, 6) is 1.03. The van der Waals surface area contributed by atoms with Gasteiger partial charge in [-0.2, -0.15) is 0 Å². The Kier molecular flexibility index (Phi) is 2.97. The Hall–Kier alpha value is -0.160. The zero-order valence-electron chi connectivity index (χ0n) is 14.2. The van der Waals surface area contributed by atoms with Gasteiger partial charge in [-0.25, -0.2) is 0 Å². The lowest BCUT2D eigenvalue weighted by Crippen LogP contribution is -2.64. The van der Waals surface area contributed by atoms with Crippen LogP contribution >= 0.6 is 0 Å². The first-order valence-electron chi connectivity index (χ1n) is 9.57. The highest BCUT2D eigenvalue weighted by Gasteiger charge is 2.69. The number of aliphatic hydroxyl groups is 3. The van der Waals surface area contributed by atoms with Crippen LogP contribution in [0.2, 0.25) is 0 Å². The van der Waals surface area contributed by atoms with Crippen LogP contribution in [-0.2, 0) is 4.74 Å². The minimum Gasteiger partial charge on any atom is -0.393 e. The van der Waals surface area contributed by atoms with E-state index >= 15 is 0 Å². The normalized spacial score (nSPS) is 66.9. The van der Waals surface area contributed by atoms with Gasteiger partial charge in [-0.05, 0) is 67.1 Å². The monoisotopic (exact) mass is 322 g/mol. The third kappa shape index (κ3) is 1.71. The van der Waals surface area contributed by atoms with Crippen LogP contribution < -0.4 is 0 Å². The molecule has 4 heteroatoms. The molecule has 6 unspecified atom stereocenters. The number of hydrogen-bond donors (Lipinski definition) is 3. The molecule has 0 spiro atoms. The quantitative estimate of drug-likeness (QED) is 0.594. The summed E-state index contributed by atoms with van der Waals surface area (Å²) in [5.41, 5.74) is 0.00813. The summed E-state index contributed by atoms with van der Waals surface area (Å²) < 4.78 is 5.82. The molecule has 5 fully saturated rings. The third-order valence-corrected chi connectivity index (χ3v) is 8.95. The lowest BCUT2D eigenvalue weighted by atomic mass is 9.44. The maximum Gasteiger partial charge on any atom is 0.0900 e. The van der Waals surface area contributed by atoms with Gasteiger partial charge in [0.2, 0.25) is 0 Å². The van der Waals surface area contributed by atoms with Crippen LogP contribution in [0.1, 0.15) is 52.4 Å². The summed E-state index contributed by atoms with van der Waals surface area (Å²) in [6.07, 6.45) is 5.11. The van der Waals surface area contributed by atoms with Gasteiger partial charge in [0, 0.05) is 5.92 Å². The number of epoxide rings is 1. The van der Waals surface area contributed by atoms with E-state index in [2.05, 4.69) is 13.8 Å². The molecule has 1 aliphatic heterocycles. The largest absolute Gasteiger partial charge is 0.393 e. The van der Waals surface area contributed by atoms with E-state index in [0.29, 0.717) is 17.9 Å². The molecule has 1 heterocycles. The van der Waals surface area contributed by atoms with E-state index in [1.165, 1.54) is 0 Å². The summed E-state index contributed by atoms with van der Waals surface area (Å²) in [7, 11) is 0. The molecular weight excluding hydrogens is 292 g/mol. The highest BCUT2D eigenvalue weighted by molar-refractivity contribution is 5.17. The van der Waals surface area contributed by atoms with Crippen molar-refractivity contribution in [3.8, 4) is 0 Å². The topological polar surface area (TPSA) is 73.2 Å². The van der Waals surface area contributed by atoms with Gasteiger partial charge in [-0.3, -0.25) is 0 Å². The van der Waals surface area contributed by atoms with Gasteiger partial charge in [0.05, 0.1) is 30.5 Å². The Morgan fingerprint density at radius 3 is 2.30 bits per heavy atom. The molecule has 5 rings (SSSR count).